The molecule has 4 nitrogen and oxygen atoms in total. The average Bonchev–Trinajstić information content (AvgIpc) is 2.82. The quantitative estimate of drug-likeness (QED) is 0.809. The van der Waals surface area contributed by atoms with Gasteiger partial charge in [0.2, 0.25) is 5.91 Å². The van der Waals surface area contributed by atoms with E-state index >= 15 is 0 Å². The van der Waals surface area contributed by atoms with Crippen molar-refractivity contribution in [1.29, 1.82) is 0 Å². The van der Waals surface area contributed by atoms with E-state index in [-0.39, 0.29) is 18.4 Å². The number of aliphatic carboxylic acids is 1. The summed E-state index contributed by atoms with van der Waals surface area (Å²) in [5.74, 6) is -1.30. The maximum absolute atomic E-state index is 11.8. The Morgan fingerprint density at radius 3 is 2.81 bits per heavy atom. The van der Waals surface area contributed by atoms with E-state index in [4.69, 9.17) is 5.11 Å². The highest BCUT2D eigenvalue weighted by Crippen LogP contribution is 2.35. The van der Waals surface area contributed by atoms with Crippen LogP contribution in [0, 0.1) is 5.92 Å². The summed E-state index contributed by atoms with van der Waals surface area (Å²) in [6, 6.07) is 0.270. The van der Waals surface area contributed by atoms with Crippen LogP contribution in [0.25, 0.3) is 0 Å². The summed E-state index contributed by atoms with van der Waals surface area (Å²) in [6.07, 6.45) is 5.58. The van der Waals surface area contributed by atoms with Gasteiger partial charge in [0.1, 0.15) is 0 Å². The number of thioether (sulfide) groups is 1. The summed E-state index contributed by atoms with van der Waals surface area (Å²) in [5, 5.41) is 9.43. The number of carbonyl (C=O) groups is 2. The molecule has 0 bridgehead atoms. The fourth-order valence-corrected chi connectivity index (χ4v) is 3.76. The van der Waals surface area contributed by atoms with Crippen LogP contribution in [0.4, 0.5) is 0 Å². The Bertz CT molecular complexity index is 308. The van der Waals surface area contributed by atoms with Gasteiger partial charge in [0.15, 0.2) is 0 Å². The standard InChI is InChI=1S/C11H17NO3S/c1-16-9-4-2-3-8(9)12-6-7(11(14)15)5-10(12)13/h7-9H,2-6H2,1H3,(H,14,15). The maximum Gasteiger partial charge on any atom is 0.308 e. The van der Waals surface area contributed by atoms with Crippen molar-refractivity contribution >= 4 is 23.6 Å². The number of carbonyl (C=O) groups excluding carboxylic acids is 1. The predicted octanol–water partition coefficient (Wildman–Crippen LogP) is 1.20. The molecule has 1 saturated heterocycles. The molecule has 1 aliphatic carbocycles. The largest absolute Gasteiger partial charge is 0.481 e. The summed E-state index contributed by atoms with van der Waals surface area (Å²) in [4.78, 5) is 24.5. The molecule has 90 valence electrons. The van der Waals surface area contributed by atoms with Gasteiger partial charge in [-0.2, -0.15) is 11.8 Å². The van der Waals surface area contributed by atoms with Crippen molar-refractivity contribution < 1.29 is 14.7 Å². The van der Waals surface area contributed by atoms with Gasteiger partial charge < -0.3 is 10.0 Å². The van der Waals surface area contributed by atoms with Gasteiger partial charge >= 0.3 is 5.97 Å². The molecule has 1 saturated carbocycles. The number of carboxylic acid groups (broad SMARTS) is 1. The number of hydrogen-bond acceptors (Lipinski definition) is 3. The lowest BCUT2D eigenvalue weighted by Crippen LogP contribution is -2.40. The molecule has 0 spiro atoms. The molecule has 0 radical (unpaired) electrons. The van der Waals surface area contributed by atoms with Crippen LogP contribution in [-0.4, -0.2) is 46.0 Å². The molecule has 2 aliphatic rings. The zero-order chi connectivity index (χ0) is 11.7. The molecule has 0 aromatic rings. The minimum absolute atomic E-state index is 0.0263. The number of rotatable bonds is 3. The summed E-state index contributed by atoms with van der Waals surface area (Å²) in [5.41, 5.74) is 0. The Kier molecular flexibility index (Phi) is 3.42. The van der Waals surface area contributed by atoms with Gasteiger partial charge in [0.05, 0.1) is 5.92 Å². The van der Waals surface area contributed by atoms with E-state index in [0.29, 0.717) is 11.8 Å². The second-order valence-corrected chi connectivity index (χ2v) is 5.63. The third-order valence-electron chi connectivity index (χ3n) is 3.63. The van der Waals surface area contributed by atoms with Crippen LogP contribution in [0.15, 0.2) is 0 Å². The molecule has 1 aliphatic heterocycles. The molecule has 2 fully saturated rings. The summed E-state index contributed by atoms with van der Waals surface area (Å²) >= 11 is 1.80. The monoisotopic (exact) mass is 243 g/mol. The van der Waals surface area contributed by atoms with Gasteiger partial charge in [-0.3, -0.25) is 9.59 Å². The van der Waals surface area contributed by atoms with E-state index in [0.717, 1.165) is 19.3 Å². The number of carboxylic acids is 1. The third-order valence-corrected chi connectivity index (χ3v) is 4.78. The van der Waals surface area contributed by atoms with E-state index in [9.17, 15) is 9.59 Å². The van der Waals surface area contributed by atoms with Gasteiger partial charge in [-0.15, -0.1) is 0 Å². The Balaban J connectivity index is 2.04. The normalized spacial score (nSPS) is 34.7. The van der Waals surface area contributed by atoms with Crippen LogP contribution in [-0.2, 0) is 9.59 Å². The van der Waals surface area contributed by atoms with Crippen molar-refractivity contribution in [3.05, 3.63) is 0 Å². The van der Waals surface area contributed by atoms with Gasteiger partial charge in [-0.1, -0.05) is 6.42 Å². The van der Waals surface area contributed by atoms with Crippen molar-refractivity contribution in [2.45, 2.75) is 37.0 Å². The lowest BCUT2D eigenvalue weighted by molar-refractivity contribution is -0.141. The number of likely N-dealkylation sites (tertiary alicyclic amines) is 1. The molecule has 1 amide bonds. The molecule has 1 N–H and O–H groups in total. The molecule has 0 aromatic heterocycles. The lowest BCUT2D eigenvalue weighted by Gasteiger charge is -2.28. The van der Waals surface area contributed by atoms with Crippen LogP contribution < -0.4 is 0 Å². The van der Waals surface area contributed by atoms with E-state index in [1.165, 1.54) is 0 Å². The first kappa shape index (κ1) is 11.8. The zero-order valence-corrected chi connectivity index (χ0v) is 10.2. The van der Waals surface area contributed by atoms with Crippen LogP contribution in [0.2, 0.25) is 0 Å². The molecule has 0 aromatic carbocycles. The van der Waals surface area contributed by atoms with Gasteiger partial charge in [-0.05, 0) is 19.1 Å². The van der Waals surface area contributed by atoms with Crippen molar-refractivity contribution in [2.75, 3.05) is 12.8 Å². The summed E-state index contributed by atoms with van der Waals surface area (Å²) in [7, 11) is 0. The number of amides is 1. The van der Waals surface area contributed by atoms with E-state index in [2.05, 4.69) is 6.26 Å². The van der Waals surface area contributed by atoms with Crippen LogP contribution >= 0.6 is 11.8 Å². The molecule has 2 rings (SSSR count). The van der Waals surface area contributed by atoms with Crippen molar-refractivity contribution in [2.24, 2.45) is 5.92 Å². The lowest BCUT2D eigenvalue weighted by atomic mass is 10.1. The highest BCUT2D eigenvalue weighted by atomic mass is 32.2. The molecule has 5 heteroatoms. The van der Waals surface area contributed by atoms with Crippen molar-refractivity contribution in [3.63, 3.8) is 0 Å². The van der Waals surface area contributed by atoms with Gasteiger partial charge in [0, 0.05) is 24.3 Å². The Morgan fingerprint density at radius 2 is 2.25 bits per heavy atom. The van der Waals surface area contributed by atoms with E-state index < -0.39 is 11.9 Å². The predicted molar refractivity (Wildman–Crippen MR) is 62.4 cm³/mol. The average molecular weight is 243 g/mol. The van der Waals surface area contributed by atoms with Crippen molar-refractivity contribution in [3.8, 4) is 0 Å². The number of hydrogen-bond donors (Lipinski definition) is 1. The Hall–Kier alpha value is -0.710. The van der Waals surface area contributed by atoms with Gasteiger partial charge in [-0.25, -0.2) is 0 Å². The molecule has 1 heterocycles. The van der Waals surface area contributed by atoms with Crippen LogP contribution in [0.1, 0.15) is 25.7 Å². The first-order valence-corrected chi connectivity index (χ1v) is 6.97. The molecular weight excluding hydrogens is 226 g/mol. The molecular formula is C11H17NO3S. The van der Waals surface area contributed by atoms with Gasteiger partial charge in [0.25, 0.3) is 0 Å². The van der Waals surface area contributed by atoms with Crippen LogP contribution in [0.5, 0.6) is 0 Å². The molecule has 16 heavy (non-hydrogen) atoms. The zero-order valence-electron chi connectivity index (χ0n) is 9.39. The molecule has 3 atom stereocenters. The van der Waals surface area contributed by atoms with E-state index in [1.807, 2.05) is 4.90 Å². The van der Waals surface area contributed by atoms with Crippen LogP contribution in [0.3, 0.4) is 0 Å². The highest BCUT2D eigenvalue weighted by Gasteiger charge is 2.41. The maximum atomic E-state index is 11.8. The van der Waals surface area contributed by atoms with E-state index in [1.54, 1.807) is 11.8 Å². The Morgan fingerprint density at radius 1 is 1.50 bits per heavy atom. The molecule has 3 unspecified atom stereocenters. The van der Waals surface area contributed by atoms with Crippen molar-refractivity contribution in [1.82, 2.24) is 4.90 Å². The Labute approximate surface area is 99.4 Å². The topological polar surface area (TPSA) is 57.6 Å². The second-order valence-electron chi connectivity index (χ2n) is 4.56. The minimum Gasteiger partial charge on any atom is -0.481 e. The first-order valence-electron chi connectivity index (χ1n) is 5.68. The SMILES string of the molecule is CSC1CCCC1N1CC(C(=O)O)CC1=O. The summed E-state index contributed by atoms with van der Waals surface area (Å²) < 4.78 is 0. The fourth-order valence-electron chi connectivity index (χ4n) is 2.76. The summed E-state index contributed by atoms with van der Waals surface area (Å²) in [6.45, 7) is 0.413. The first-order chi connectivity index (χ1) is 7.63. The fraction of sp³-hybridized carbons (Fsp3) is 0.818. The number of nitrogens with zero attached hydrogens (tertiary/aromatic N) is 1. The minimum atomic E-state index is -0.838. The smallest absolute Gasteiger partial charge is 0.308 e. The highest BCUT2D eigenvalue weighted by molar-refractivity contribution is 7.99. The third kappa shape index (κ3) is 2.05. The second kappa shape index (κ2) is 4.65.